The zero-order chi connectivity index (χ0) is 18.4. The van der Waals surface area contributed by atoms with E-state index in [4.69, 9.17) is 10.5 Å². The Morgan fingerprint density at radius 2 is 2.23 bits per heavy atom. The fourth-order valence-electron chi connectivity index (χ4n) is 4.07. The van der Waals surface area contributed by atoms with Crippen LogP contribution >= 0.6 is 0 Å². The average molecular weight is 360 g/mol. The van der Waals surface area contributed by atoms with Gasteiger partial charge in [-0.25, -0.2) is 0 Å². The van der Waals surface area contributed by atoms with Crippen LogP contribution in [0.25, 0.3) is 0 Å². The van der Waals surface area contributed by atoms with Gasteiger partial charge in [0.25, 0.3) is 0 Å². The Hall–Kier alpha value is -1.95. The van der Waals surface area contributed by atoms with Gasteiger partial charge in [-0.2, -0.15) is 0 Å². The lowest BCUT2D eigenvalue weighted by Crippen LogP contribution is -2.42. The zero-order valence-corrected chi connectivity index (χ0v) is 16.2. The number of ether oxygens (including phenoxy) is 1. The summed E-state index contributed by atoms with van der Waals surface area (Å²) in [6.45, 7) is 8.34. The maximum Gasteiger partial charge on any atom is 0.188 e. The molecule has 6 nitrogen and oxygen atoms in total. The minimum atomic E-state index is 0.556. The molecule has 0 spiro atoms. The lowest BCUT2D eigenvalue weighted by atomic mass is 10.1. The molecule has 1 aromatic carbocycles. The Bertz CT molecular complexity index is 606. The Balaban J connectivity index is 1.43. The first-order chi connectivity index (χ1) is 12.7. The molecule has 144 valence electrons. The lowest BCUT2D eigenvalue weighted by molar-refractivity contribution is 0.267. The second kappa shape index (κ2) is 9.12. The van der Waals surface area contributed by atoms with Crippen LogP contribution in [-0.2, 0) is 0 Å². The Labute approximate surface area is 157 Å². The highest BCUT2D eigenvalue weighted by Crippen LogP contribution is 2.27. The van der Waals surface area contributed by atoms with Gasteiger partial charge < -0.3 is 20.7 Å². The fourth-order valence-corrected chi connectivity index (χ4v) is 4.07. The van der Waals surface area contributed by atoms with Gasteiger partial charge in [0.1, 0.15) is 5.75 Å². The number of likely N-dealkylation sites (tertiary alicyclic amines) is 1. The molecule has 0 aromatic heterocycles. The molecule has 0 radical (unpaired) electrons. The maximum absolute atomic E-state index is 6.09. The molecule has 2 heterocycles. The number of nitrogens with one attached hydrogen (secondary N) is 1. The first-order valence-corrected chi connectivity index (χ1v) is 9.86. The smallest absolute Gasteiger partial charge is 0.188 e. The van der Waals surface area contributed by atoms with E-state index >= 15 is 0 Å². The average Bonchev–Trinajstić information content (AvgIpc) is 3.33. The molecule has 2 atom stereocenters. The zero-order valence-electron chi connectivity index (χ0n) is 16.2. The number of nitrogens with zero attached hydrogens (tertiary/aromatic N) is 3. The number of hydrogen-bond acceptors (Lipinski definition) is 4. The fraction of sp³-hybridized carbons (Fsp3) is 0.650. The molecule has 2 fully saturated rings. The van der Waals surface area contributed by atoms with E-state index in [1.54, 1.807) is 7.11 Å². The van der Waals surface area contributed by atoms with E-state index in [2.05, 4.69) is 39.2 Å². The quantitative estimate of drug-likeness (QED) is 0.575. The standard InChI is InChI=1S/C20H33N5O/c1-3-24-10-5-7-18(24)14-23-20(21)22-13-16-9-11-25(15-16)17-6-4-8-19(12-17)26-2/h4,6,8,12,16,18H,3,5,7,9-11,13-15H2,1-2H3,(H3,21,22,23). The van der Waals surface area contributed by atoms with Crippen LogP contribution in [0.2, 0.25) is 0 Å². The van der Waals surface area contributed by atoms with Gasteiger partial charge in [-0.05, 0) is 50.4 Å². The molecule has 6 heteroatoms. The molecular weight excluding hydrogens is 326 g/mol. The summed E-state index contributed by atoms with van der Waals surface area (Å²) in [5, 5.41) is 3.33. The van der Waals surface area contributed by atoms with Crippen LogP contribution in [0.1, 0.15) is 26.2 Å². The van der Waals surface area contributed by atoms with Crippen LogP contribution in [0.4, 0.5) is 5.69 Å². The molecular formula is C20H33N5O. The van der Waals surface area contributed by atoms with Crippen molar-refractivity contribution in [3.8, 4) is 5.75 Å². The molecule has 0 amide bonds. The van der Waals surface area contributed by atoms with E-state index in [1.807, 2.05) is 12.1 Å². The normalized spacial score (nSPS) is 24.2. The van der Waals surface area contributed by atoms with Gasteiger partial charge >= 0.3 is 0 Å². The van der Waals surface area contributed by atoms with Crippen LogP contribution in [-0.4, -0.2) is 63.3 Å². The van der Waals surface area contributed by atoms with E-state index in [1.165, 1.54) is 25.1 Å². The predicted octanol–water partition coefficient (Wildman–Crippen LogP) is 1.91. The molecule has 1 aromatic rings. The second-order valence-electron chi connectivity index (χ2n) is 7.33. The van der Waals surface area contributed by atoms with Gasteiger partial charge in [0.05, 0.1) is 7.11 Å². The first kappa shape index (κ1) is 18.8. The summed E-state index contributed by atoms with van der Waals surface area (Å²) in [6, 6.07) is 8.87. The number of rotatable bonds is 7. The van der Waals surface area contributed by atoms with Crippen molar-refractivity contribution >= 4 is 11.6 Å². The Kier molecular flexibility index (Phi) is 6.61. The molecule has 3 rings (SSSR count). The summed E-state index contributed by atoms with van der Waals surface area (Å²) >= 11 is 0. The van der Waals surface area contributed by atoms with Crippen LogP contribution in [0.3, 0.4) is 0 Å². The van der Waals surface area contributed by atoms with E-state index in [0.717, 1.165) is 44.9 Å². The lowest BCUT2D eigenvalue weighted by Gasteiger charge is -2.23. The van der Waals surface area contributed by atoms with Crippen molar-refractivity contribution in [2.24, 2.45) is 16.6 Å². The van der Waals surface area contributed by atoms with Crippen LogP contribution < -0.4 is 20.7 Å². The third-order valence-electron chi connectivity index (χ3n) is 5.65. The largest absolute Gasteiger partial charge is 0.497 e. The maximum atomic E-state index is 6.09. The van der Waals surface area contributed by atoms with Crippen molar-refractivity contribution < 1.29 is 4.74 Å². The third-order valence-corrected chi connectivity index (χ3v) is 5.65. The van der Waals surface area contributed by atoms with Gasteiger partial charge in [-0.3, -0.25) is 9.89 Å². The van der Waals surface area contributed by atoms with Crippen molar-refractivity contribution in [1.29, 1.82) is 0 Å². The molecule has 0 saturated carbocycles. The van der Waals surface area contributed by atoms with E-state index in [-0.39, 0.29) is 0 Å². The topological polar surface area (TPSA) is 66.1 Å². The van der Waals surface area contributed by atoms with E-state index < -0.39 is 0 Å². The number of benzene rings is 1. The molecule has 26 heavy (non-hydrogen) atoms. The summed E-state index contributed by atoms with van der Waals surface area (Å²) in [5.41, 5.74) is 7.32. The molecule has 2 aliphatic heterocycles. The highest BCUT2D eigenvalue weighted by molar-refractivity contribution is 5.77. The van der Waals surface area contributed by atoms with Crippen molar-refractivity contribution in [2.75, 3.05) is 51.3 Å². The third kappa shape index (κ3) is 4.81. The van der Waals surface area contributed by atoms with Gasteiger partial charge in [-0.1, -0.05) is 13.0 Å². The first-order valence-electron chi connectivity index (χ1n) is 9.86. The number of anilines is 1. The number of methoxy groups -OCH3 is 1. The molecule has 0 aliphatic carbocycles. The minimum absolute atomic E-state index is 0.556. The van der Waals surface area contributed by atoms with Crippen LogP contribution in [0, 0.1) is 5.92 Å². The molecule has 2 unspecified atom stereocenters. The summed E-state index contributed by atoms with van der Waals surface area (Å²) in [4.78, 5) is 9.52. The van der Waals surface area contributed by atoms with Crippen LogP contribution in [0.15, 0.2) is 29.3 Å². The predicted molar refractivity (Wildman–Crippen MR) is 108 cm³/mol. The molecule has 3 N–H and O–H groups in total. The van der Waals surface area contributed by atoms with Gasteiger partial charge in [0.2, 0.25) is 0 Å². The van der Waals surface area contributed by atoms with Gasteiger partial charge in [0, 0.05) is 44.0 Å². The summed E-state index contributed by atoms with van der Waals surface area (Å²) in [7, 11) is 1.71. The number of hydrogen-bond donors (Lipinski definition) is 2. The molecule has 2 saturated heterocycles. The van der Waals surface area contributed by atoms with Crippen molar-refractivity contribution in [1.82, 2.24) is 10.2 Å². The SMILES string of the molecule is CCN1CCCC1CNC(N)=NCC1CCN(c2cccc(OC)c2)C1. The van der Waals surface area contributed by atoms with Crippen LogP contribution in [0.5, 0.6) is 5.75 Å². The molecule has 2 aliphatic rings. The monoisotopic (exact) mass is 359 g/mol. The highest BCUT2D eigenvalue weighted by atomic mass is 16.5. The van der Waals surface area contributed by atoms with Crippen molar-refractivity contribution in [2.45, 2.75) is 32.2 Å². The van der Waals surface area contributed by atoms with E-state index in [0.29, 0.717) is 17.9 Å². The van der Waals surface area contributed by atoms with Crippen molar-refractivity contribution in [3.05, 3.63) is 24.3 Å². The molecule has 0 bridgehead atoms. The van der Waals surface area contributed by atoms with Gasteiger partial charge in [0.15, 0.2) is 5.96 Å². The van der Waals surface area contributed by atoms with E-state index in [9.17, 15) is 0 Å². The number of likely N-dealkylation sites (N-methyl/N-ethyl adjacent to an activating group) is 1. The number of nitrogens with two attached hydrogens (primary N) is 1. The second-order valence-corrected chi connectivity index (χ2v) is 7.33. The highest BCUT2D eigenvalue weighted by Gasteiger charge is 2.24. The Morgan fingerprint density at radius 3 is 3.04 bits per heavy atom. The minimum Gasteiger partial charge on any atom is -0.497 e. The van der Waals surface area contributed by atoms with Gasteiger partial charge in [-0.15, -0.1) is 0 Å². The number of guanidine groups is 1. The summed E-state index contributed by atoms with van der Waals surface area (Å²) in [6.07, 6.45) is 3.70. The summed E-state index contributed by atoms with van der Waals surface area (Å²) < 4.78 is 5.33. The van der Waals surface area contributed by atoms with Crippen molar-refractivity contribution in [3.63, 3.8) is 0 Å². The number of aliphatic imine (C=N–C) groups is 1. The Morgan fingerprint density at radius 1 is 1.35 bits per heavy atom. The summed E-state index contributed by atoms with van der Waals surface area (Å²) in [5.74, 6) is 2.05.